The van der Waals surface area contributed by atoms with Gasteiger partial charge in [0.05, 0.1) is 0 Å². The minimum atomic E-state index is -1.39. The lowest BCUT2D eigenvalue weighted by Gasteiger charge is -2.03. The van der Waals surface area contributed by atoms with Gasteiger partial charge in [-0.15, -0.1) is 0 Å². The van der Waals surface area contributed by atoms with Crippen LogP contribution in [0.25, 0.3) is 0 Å². The molecule has 0 aromatic heterocycles. The largest absolute Gasteiger partial charge is 0.330 e. The molecule has 0 aliphatic carbocycles. The van der Waals surface area contributed by atoms with Gasteiger partial charge in [0.25, 0.3) is 0 Å². The number of unbranched alkanes of at least 4 members (excludes halogenated alkanes) is 1. The first-order chi connectivity index (χ1) is 6.66. The summed E-state index contributed by atoms with van der Waals surface area (Å²) in [5.74, 6) is -3.62. The third-order valence-corrected chi connectivity index (χ3v) is 2.02. The van der Waals surface area contributed by atoms with Crippen molar-refractivity contribution in [2.75, 3.05) is 6.54 Å². The first-order valence-electron chi connectivity index (χ1n) is 4.49. The minimum absolute atomic E-state index is 0.206. The highest BCUT2D eigenvalue weighted by molar-refractivity contribution is 5.20. The van der Waals surface area contributed by atoms with Gasteiger partial charge in [-0.3, -0.25) is 0 Å². The van der Waals surface area contributed by atoms with Crippen molar-refractivity contribution < 1.29 is 13.2 Å². The Labute approximate surface area is 80.7 Å². The van der Waals surface area contributed by atoms with E-state index in [1.807, 2.05) is 0 Å². The average molecular weight is 203 g/mol. The predicted molar refractivity (Wildman–Crippen MR) is 48.3 cm³/mol. The molecule has 0 heterocycles. The van der Waals surface area contributed by atoms with Crippen molar-refractivity contribution in [2.45, 2.75) is 19.3 Å². The molecule has 0 bridgehead atoms. The lowest BCUT2D eigenvalue weighted by molar-refractivity contribution is 0.440. The van der Waals surface area contributed by atoms with Crippen molar-refractivity contribution in [1.29, 1.82) is 0 Å². The maximum absolute atomic E-state index is 13.0. The summed E-state index contributed by atoms with van der Waals surface area (Å²) in [6.45, 7) is 0.519. The molecule has 0 saturated carbocycles. The van der Waals surface area contributed by atoms with E-state index in [1.165, 1.54) is 6.07 Å². The quantitative estimate of drug-likeness (QED) is 0.590. The van der Waals surface area contributed by atoms with Gasteiger partial charge in [-0.2, -0.15) is 0 Å². The van der Waals surface area contributed by atoms with E-state index in [9.17, 15) is 13.2 Å². The highest BCUT2D eigenvalue weighted by Gasteiger charge is 2.12. The van der Waals surface area contributed by atoms with E-state index in [0.717, 1.165) is 12.5 Å². The third-order valence-electron chi connectivity index (χ3n) is 2.02. The molecule has 0 unspecified atom stereocenters. The molecule has 0 radical (unpaired) electrons. The van der Waals surface area contributed by atoms with E-state index in [2.05, 4.69) is 0 Å². The standard InChI is InChI=1S/C10H12F3N/c11-8-5-4-7(3-1-2-6-14)9(12)10(8)13/h4-5H,1-3,6,14H2. The van der Waals surface area contributed by atoms with Gasteiger partial charge in [0.15, 0.2) is 17.5 Å². The molecule has 0 atom stereocenters. The normalized spacial score (nSPS) is 10.6. The van der Waals surface area contributed by atoms with Crippen molar-refractivity contribution in [3.63, 3.8) is 0 Å². The van der Waals surface area contributed by atoms with Crippen molar-refractivity contribution in [3.8, 4) is 0 Å². The lowest BCUT2D eigenvalue weighted by Crippen LogP contribution is -2.01. The highest BCUT2D eigenvalue weighted by atomic mass is 19.2. The minimum Gasteiger partial charge on any atom is -0.330 e. The van der Waals surface area contributed by atoms with Crippen molar-refractivity contribution in [3.05, 3.63) is 35.1 Å². The summed E-state index contributed by atoms with van der Waals surface area (Å²) in [6.07, 6.45) is 1.82. The van der Waals surface area contributed by atoms with Crippen LogP contribution in [-0.4, -0.2) is 6.54 Å². The lowest BCUT2D eigenvalue weighted by atomic mass is 10.1. The molecule has 14 heavy (non-hydrogen) atoms. The van der Waals surface area contributed by atoms with Crippen LogP contribution in [0.4, 0.5) is 13.2 Å². The molecule has 1 aromatic carbocycles. The Kier molecular flexibility index (Phi) is 3.95. The molecule has 0 amide bonds. The van der Waals surface area contributed by atoms with E-state index in [1.54, 1.807) is 0 Å². The SMILES string of the molecule is NCCCCc1ccc(F)c(F)c1F. The fourth-order valence-corrected chi connectivity index (χ4v) is 1.22. The summed E-state index contributed by atoms with van der Waals surface area (Å²) < 4.78 is 38.3. The number of benzene rings is 1. The molecule has 1 nitrogen and oxygen atoms in total. The zero-order valence-corrected chi connectivity index (χ0v) is 7.69. The van der Waals surface area contributed by atoms with E-state index >= 15 is 0 Å². The van der Waals surface area contributed by atoms with Crippen LogP contribution >= 0.6 is 0 Å². The second-order valence-corrected chi connectivity index (χ2v) is 3.08. The summed E-state index contributed by atoms with van der Waals surface area (Å²) in [6, 6.07) is 2.21. The molecule has 78 valence electrons. The summed E-state index contributed by atoms with van der Waals surface area (Å²) in [5, 5.41) is 0. The van der Waals surface area contributed by atoms with Gasteiger partial charge in [-0.05, 0) is 37.4 Å². The molecule has 2 N–H and O–H groups in total. The van der Waals surface area contributed by atoms with Gasteiger partial charge >= 0.3 is 0 Å². The zero-order valence-electron chi connectivity index (χ0n) is 7.69. The van der Waals surface area contributed by atoms with Gasteiger partial charge in [0.1, 0.15) is 0 Å². The molecule has 4 heteroatoms. The fourth-order valence-electron chi connectivity index (χ4n) is 1.22. The third kappa shape index (κ3) is 2.48. The second-order valence-electron chi connectivity index (χ2n) is 3.08. The van der Waals surface area contributed by atoms with Gasteiger partial charge in [-0.1, -0.05) is 6.07 Å². The molecule has 0 fully saturated rings. The van der Waals surface area contributed by atoms with Crippen molar-refractivity contribution >= 4 is 0 Å². The van der Waals surface area contributed by atoms with Crippen LogP contribution in [0.3, 0.4) is 0 Å². The van der Waals surface area contributed by atoms with Gasteiger partial charge < -0.3 is 5.73 Å². The Morgan fingerprint density at radius 3 is 2.36 bits per heavy atom. The Hall–Kier alpha value is -1.03. The van der Waals surface area contributed by atoms with E-state index in [0.29, 0.717) is 19.4 Å². The van der Waals surface area contributed by atoms with Gasteiger partial charge in [0.2, 0.25) is 0 Å². The summed E-state index contributed by atoms with van der Waals surface area (Å²) in [4.78, 5) is 0. The molecule has 0 spiro atoms. The van der Waals surface area contributed by atoms with Crippen LogP contribution < -0.4 is 5.73 Å². The molecule has 0 saturated heterocycles. The Bertz CT molecular complexity index is 312. The zero-order chi connectivity index (χ0) is 10.6. The van der Waals surface area contributed by atoms with Gasteiger partial charge in [-0.25, -0.2) is 13.2 Å². The van der Waals surface area contributed by atoms with Crippen LogP contribution in [0.1, 0.15) is 18.4 Å². The Morgan fingerprint density at radius 2 is 1.71 bits per heavy atom. The fraction of sp³-hybridized carbons (Fsp3) is 0.400. The summed E-state index contributed by atoms with van der Waals surface area (Å²) in [7, 11) is 0. The molecule has 0 aliphatic rings. The Morgan fingerprint density at radius 1 is 1.00 bits per heavy atom. The number of aryl methyl sites for hydroxylation is 1. The van der Waals surface area contributed by atoms with Gasteiger partial charge in [0, 0.05) is 0 Å². The maximum Gasteiger partial charge on any atom is 0.194 e. The average Bonchev–Trinajstić information content (AvgIpc) is 2.18. The van der Waals surface area contributed by atoms with Crippen molar-refractivity contribution in [1.82, 2.24) is 0 Å². The van der Waals surface area contributed by atoms with Crippen LogP contribution in [0.2, 0.25) is 0 Å². The number of nitrogens with two attached hydrogens (primary N) is 1. The summed E-state index contributed by atoms with van der Waals surface area (Å²) in [5.41, 5.74) is 5.46. The van der Waals surface area contributed by atoms with Crippen molar-refractivity contribution in [2.24, 2.45) is 5.73 Å². The number of hydrogen-bond donors (Lipinski definition) is 1. The van der Waals surface area contributed by atoms with E-state index < -0.39 is 17.5 Å². The first kappa shape index (κ1) is 11.0. The smallest absolute Gasteiger partial charge is 0.194 e. The van der Waals surface area contributed by atoms with Crippen LogP contribution in [0.5, 0.6) is 0 Å². The highest BCUT2D eigenvalue weighted by Crippen LogP contribution is 2.16. The molecule has 1 rings (SSSR count). The second kappa shape index (κ2) is 5.00. The molecular formula is C10H12F3N. The number of rotatable bonds is 4. The Balaban J connectivity index is 2.73. The maximum atomic E-state index is 13.0. The molecule has 0 aliphatic heterocycles. The van der Waals surface area contributed by atoms with Crippen LogP contribution in [0, 0.1) is 17.5 Å². The number of halogens is 3. The molecular weight excluding hydrogens is 191 g/mol. The van der Waals surface area contributed by atoms with E-state index in [4.69, 9.17) is 5.73 Å². The summed E-state index contributed by atoms with van der Waals surface area (Å²) >= 11 is 0. The van der Waals surface area contributed by atoms with Crippen LogP contribution in [-0.2, 0) is 6.42 Å². The van der Waals surface area contributed by atoms with E-state index in [-0.39, 0.29) is 5.56 Å². The predicted octanol–water partition coefficient (Wildman–Crippen LogP) is 2.39. The van der Waals surface area contributed by atoms with Crippen LogP contribution in [0.15, 0.2) is 12.1 Å². The monoisotopic (exact) mass is 203 g/mol. The topological polar surface area (TPSA) is 26.0 Å². The molecule has 1 aromatic rings. The number of hydrogen-bond acceptors (Lipinski definition) is 1. The first-order valence-corrected chi connectivity index (χ1v) is 4.49.